The lowest BCUT2D eigenvalue weighted by molar-refractivity contribution is -0.120. The molecular weight excluding hydrogens is 288 g/mol. The van der Waals surface area contributed by atoms with Crippen molar-refractivity contribution >= 4 is 11.8 Å². The number of amides is 2. The van der Waals surface area contributed by atoms with Crippen LogP contribution >= 0.6 is 0 Å². The molecule has 1 rings (SSSR count). The maximum Gasteiger partial charge on any atom is 0.251 e. The Morgan fingerprint density at radius 3 is 2.17 bits per heavy atom. The summed E-state index contributed by atoms with van der Waals surface area (Å²) in [7, 11) is 0. The monoisotopic (exact) mass is 318 g/mol. The number of benzene rings is 1. The van der Waals surface area contributed by atoms with Crippen LogP contribution < -0.4 is 11.1 Å². The summed E-state index contributed by atoms with van der Waals surface area (Å²) in [6.07, 6.45) is 4.81. The molecule has 3 N–H and O–H groups in total. The van der Waals surface area contributed by atoms with E-state index in [1.807, 2.05) is 12.1 Å². The molecule has 0 aromatic heterocycles. The highest BCUT2D eigenvalue weighted by Gasteiger charge is 2.19. The summed E-state index contributed by atoms with van der Waals surface area (Å²) in [6, 6.07) is 6.91. The van der Waals surface area contributed by atoms with Crippen molar-refractivity contribution in [3.8, 4) is 0 Å². The molecule has 0 radical (unpaired) electrons. The van der Waals surface area contributed by atoms with Gasteiger partial charge in [-0.15, -0.1) is 0 Å². The van der Waals surface area contributed by atoms with E-state index in [9.17, 15) is 9.59 Å². The minimum atomic E-state index is -0.596. The molecule has 0 spiro atoms. The van der Waals surface area contributed by atoms with Gasteiger partial charge in [-0.3, -0.25) is 9.59 Å². The van der Waals surface area contributed by atoms with Crippen LogP contribution in [0.4, 0.5) is 0 Å². The topological polar surface area (TPSA) is 72.2 Å². The molecular formula is C19H30N2O2. The number of primary amides is 1. The van der Waals surface area contributed by atoms with Gasteiger partial charge in [0.15, 0.2) is 0 Å². The van der Waals surface area contributed by atoms with Gasteiger partial charge in [0.25, 0.3) is 5.91 Å². The normalized spacial score (nSPS) is 12.7. The van der Waals surface area contributed by atoms with Crippen molar-refractivity contribution in [3.63, 3.8) is 0 Å². The molecule has 0 unspecified atom stereocenters. The van der Waals surface area contributed by atoms with Crippen LogP contribution in [0.3, 0.4) is 0 Å². The Balaban J connectivity index is 2.66. The average Bonchev–Trinajstić information content (AvgIpc) is 2.49. The van der Waals surface area contributed by atoms with E-state index in [1.165, 1.54) is 5.56 Å². The van der Waals surface area contributed by atoms with Crippen molar-refractivity contribution in [2.24, 2.45) is 5.73 Å². The van der Waals surface area contributed by atoms with Crippen LogP contribution in [0.15, 0.2) is 24.3 Å². The third-order valence-electron chi connectivity index (χ3n) is 4.01. The first kappa shape index (κ1) is 19.2. The zero-order valence-electron chi connectivity index (χ0n) is 14.8. The molecule has 0 aliphatic heterocycles. The first-order chi connectivity index (χ1) is 10.8. The van der Waals surface area contributed by atoms with Crippen molar-refractivity contribution in [3.05, 3.63) is 35.4 Å². The molecule has 0 aliphatic carbocycles. The van der Waals surface area contributed by atoms with E-state index >= 15 is 0 Å². The van der Waals surface area contributed by atoms with Crippen LogP contribution in [0.5, 0.6) is 0 Å². The number of unbranched alkanes of at least 4 members (excludes halogenated alkanes) is 3. The summed E-state index contributed by atoms with van der Waals surface area (Å²) >= 11 is 0. The Kier molecular flexibility index (Phi) is 7.27. The number of nitrogens with one attached hydrogen (secondary N) is 1. The number of carbonyl (C=O) groups excluding carboxylic acids is 2. The maximum absolute atomic E-state index is 12.3. The second-order valence-electron chi connectivity index (χ2n) is 7.11. The van der Waals surface area contributed by atoms with Crippen LogP contribution in [0, 0.1) is 0 Å². The summed E-state index contributed by atoms with van der Waals surface area (Å²) < 4.78 is 0. The Bertz CT molecular complexity index is 515. The lowest BCUT2D eigenvalue weighted by Crippen LogP contribution is -2.44. The quantitative estimate of drug-likeness (QED) is 0.720. The smallest absolute Gasteiger partial charge is 0.251 e. The Morgan fingerprint density at radius 1 is 1.09 bits per heavy atom. The summed E-state index contributed by atoms with van der Waals surface area (Å²) in [6.45, 7) is 8.51. The molecule has 0 heterocycles. The van der Waals surface area contributed by atoms with Crippen LogP contribution in [0.25, 0.3) is 0 Å². The molecule has 128 valence electrons. The van der Waals surface area contributed by atoms with E-state index < -0.39 is 11.9 Å². The van der Waals surface area contributed by atoms with Crippen LogP contribution in [-0.2, 0) is 10.2 Å². The molecule has 0 aliphatic rings. The van der Waals surface area contributed by atoms with Crippen LogP contribution in [-0.4, -0.2) is 17.9 Å². The van der Waals surface area contributed by atoms with Gasteiger partial charge >= 0.3 is 0 Å². The Labute approximate surface area is 139 Å². The predicted octanol–water partition coefficient (Wildman–Crippen LogP) is 3.54. The van der Waals surface area contributed by atoms with E-state index in [0.29, 0.717) is 12.0 Å². The number of nitrogens with two attached hydrogens (primary N) is 1. The molecule has 1 atom stereocenters. The Morgan fingerprint density at radius 2 is 1.70 bits per heavy atom. The number of carbonyl (C=O) groups is 2. The van der Waals surface area contributed by atoms with E-state index in [1.54, 1.807) is 12.1 Å². The minimum Gasteiger partial charge on any atom is -0.368 e. The molecule has 2 amide bonds. The SMILES string of the molecule is CCCCCC[C@H](NC(=O)c1ccc(C(C)(C)C)cc1)C(N)=O. The van der Waals surface area contributed by atoms with Gasteiger partial charge in [0, 0.05) is 5.56 Å². The van der Waals surface area contributed by atoms with Gasteiger partial charge in [-0.2, -0.15) is 0 Å². The zero-order valence-corrected chi connectivity index (χ0v) is 14.8. The molecule has 0 saturated carbocycles. The highest BCUT2D eigenvalue weighted by atomic mass is 16.2. The molecule has 0 fully saturated rings. The van der Waals surface area contributed by atoms with E-state index in [-0.39, 0.29) is 11.3 Å². The van der Waals surface area contributed by atoms with Crippen LogP contribution in [0.1, 0.15) is 75.7 Å². The van der Waals surface area contributed by atoms with Gasteiger partial charge in [0.1, 0.15) is 6.04 Å². The highest BCUT2D eigenvalue weighted by Crippen LogP contribution is 2.22. The molecule has 0 saturated heterocycles. The second kappa shape index (κ2) is 8.70. The number of rotatable bonds is 8. The third kappa shape index (κ3) is 6.43. The van der Waals surface area contributed by atoms with Gasteiger partial charge in [0.05, 0.1) is 0 Å². The van der Waals surface area contributed by atoms with Crippen molar-refractivity contribution in [2.45, 2.75) is 71.3 Å². The number of hydrogen-bond donors (Lipinski definition) is 2. The first-order valence-electron chi connectivity index (χ1n) is 8.46. The van der Waals surface area contributed by atoms with Gasteiger partial charge < -0.3 is 11.1 Å². The fourth-order valence-corrected chi connectivity index (χ4v) is 2.42. The maximum atomic E-state index is 12.3. The summed E-state index contributed by atoms with van der Waals surface area (Å²) in [5.74, 6) is -0.717. The summed E-state index contributed by atoms with van der Waals surface area (Å²) in [5, 5.41) is 2.75. The summed E-state index contributed by atoms with van der Waals surface area (Å²) in [4.78, 5) is 23.8. The van der Waals surface area contributed by atoms with Gasteiger partial charge in [-0.25, -0.2) is 0 Å². The predicted molar refractivity (Wildman–Crippen MR) is 94.3 cm³/mol. The van der Waals surface area contributed by atoms with Crippen molar-refractivity contribution in [2.75, 3.05) is 0 Å². The summed E-state index contributed by atoms with van der Waals surface area (Å²) in [5.41, 5.74) is 7.17. The van der Waals surface area contributed by atoms with Gasteiger partial charge in [0.2, 0.25) is 5.91 Å². The zero-order chi connectivity index (χ0) is 17.5. The lowest BCUT2D eigenvalue weighted by Gasteiger charge is -2.19. The van der Waals surface area contributed by atoms with Gasteiger partial charge in [-0.1, -0.05) is 65.5 Å². The second-order valence-corrected chi connectivity index (χ2v) is 7.11. The fourth-order valence-electron chi connectivity index (χ4n) is 2.42. The standard InChI is InChI=1S/C19H30N2O2/c1-5-6-7-8-9-16(17(20)22)21-18(23)14-10-12-15(13-11-14)19(2,3)4/h10-13,16H,5-9H2,1-4H3,(H2,20,22)(H,21,23)/t16-/m0/s1. The lowest BCUT2D eigenvalue weighted by atomic mass is 9.86. The van der Waals surface area contributed by atoms with Crippen LogP contribution in [0.2, 0.25) is 0 Å². The van der Waals surface area contributed by atoms with E-state index in [2.05, 4.69) is 33.0 Å². The molecule has 1 aromatic rings. The highest BCUT2D eigenvalue weighted by molar-refractivity contribution is 5.97. The molecule has 4 nitrogen and oxygen atoms in total. The van der Waals surface area contributed by atoms with Crippen molar-refractivity contribution in [1.29, 1.82) is 0 Å². The molecule has 0 bridgehead atoms. The average molecular weight is 318 g/mol. The third-order valence-corrected chi connectivity index (χ3v) is 4.01. The largest absolute Gasteiger partial charge is 0.368 e. The van der Waals surface area contributed by atoms with E-state index in [0.717, 1.165) is 25.7 Å². The fraction of sp³-hybridized carbons (Fsp3) is 0.579. The molecule has 23 heavy (non-hydrogen) atoms. The molecule has 1 aromatic carbocycles. The first-order valence-corrected chi connectivity index (χ1v) is 8.46. The van der Waals surface area contributed by atoms with Crippen molar-refractivity contribution < 1.29 is 9.59 Å². The van der Waals surface area contributed by atoms with Gasteiger partial charge in [-0.05, 0) is 29.5 Å². The number of hydrogen-bond acceptors (Lipinski definition) is 2. The van der Waals surface area contributed by atoms with E-state index in [4.69, 9.17) is 5.73 Å². The molecule has 4 heteroatoms. The van der Waals surface area contributed by atoms with Crippen molar-refractivity contribution in [1.82, 2.24) is 5.32 Å². The minimum absolute atomic E-state index is 0.0457. The Hall–Kier alpha value is -1.84.